The Bertz CT molecular complexity index is 454. The lowest BCUT2D eigenvalue weighted by Crippen LogP contribution is -2.38. The van der Waals surface area contributed by atoms with Crippen LogP contribution in [0.25, 0.3) is 0 Å². The van der Waals surface area contributed by atoms with Crippen LogP contribution in [0.4, 0.5) is 10.5 Å². The fourth-order valence-corrected chi connectivity index (χ4v) is 1.14. The van der Waals surface area contributed by atoms with Gasteiger partial charge in [0, 0.05) is 18.4 Å². The molecule has 98 valence electrons. The van der Waals surface area contributed by atoms with Crippen molar-refractivity contribution in [1.82, 2.24) is 10.3 Å². The fourth-order valence-electron chi connectivity index (χ4n) is 1.14. The highest BCUT2D eigenvalue weighted by Gasteiger charge is 2.15. The van der Waals surface area contributed by atoms with Gasteiger partial charge >= 0.3 is 6.09 Å². The van der Waals surface area contributed by atoms with Crippen molar-refractivity contribution in [2.75, 3.05) is 11.9 Å². The summed E-state index contributed by atoms with van der Waals surface area (Å²) in [5.41, 5.74) is -0.691. The predicted octanol–water partition coefficient (Wildman–Crippen LogP) is 0.672. The number of nitrogens with zero attached hydrogens (tertiary/aromatic N) is 1. The molecule has 0 radical (unpaired) electrons. The maximum absolute atomic E-state index is 11.7. The predicted molar refractivity (Wildman–Crippen MR) is 64.5 cm³/mol. The molecule has 1 heterocycles. The first kappa shape index (κ1) is 13.9. The zero-order valence-electron chi connectivity index (χ0n) is 10.1. The molecule has 0 aromatic carbocycles. The number of carboxylic acid groups (broad SMARTS) is 1. The minimum absolute atomic E-state index is 0.0735. The second-order valence-corrected chi connectivity index (χ2v) is 4.36. The molecular formula is C11H15N3O4. The van der Waals surface area contributed by atoms with Crippen molar-refractivity contribution in [2.45, 2.75) is 19.4 Å². The van der Waals surface area contributed by atoms with E-state index in [1.165, 1.54) is 18.3 Å². The van der Waals surface area contributed by atoms with Gasteiger partial charge in [0.2, 0.25) is 0 Å². The average Bonchev–Trinajstić information content (AvgIpc) is 2.24. The molecule has 0 atom stereocenters. The summed E-state index contributed by atoms with van der Waals surface area (Å²) in [5, 5.41) is 22.6. The van der Waals surface area contributed by atoms with Gasteiger partial charge in [-0.2, -0.15) is 0 Å². The Balaban J connectivity index is 2.71. The maximum atomic E-state index is 11.7. The van der Waals surface area contributed by atoms with Gasteiger partial charge < -0.3 is 15.5 Å². The second kappa shape index (κ2) is 5.46. The molecular weight excluding hydrogens is 238 g/mol. The van der Waals surface area contributed by atoms with Gasteiger partial charge in [-0.1, -0.05) is 0 Å². The molecule has 4 N–H and O–H groups in total. The van der Waals surface area contributed by atoms with E-state index >= 15 is 0 Å². The van der Waals surface area contributed by atoms with Crippen LogP contribution in [0.3, 0.4) is 0 Å². The van der Waals surface area contributed by atoms with Gasteiger partial charge in [0.15, 0.2) is 0 Å². The van der Waals surface area contributed by atoms with Gasteiger partial charge in [-0.25, -0.2) is 4.79 Å². The third-order valence-corrected chi connectivity index (χ3v) is 1.93. The number of pyridine rings is 1. The Kier molecular flexibility index (Phi) is 4.22. The Labute approximate surface area is 104 Å². The number of amides is 2. The van der Waals surface area contributed by atoms with Crippen LogP contribution >= 0.6 is 0 Å². The van der Waals surface area contributed by atoms with E-state index in [-0.39, 0.29) is 17.9 Å². The molecule has 1 aromatic rings. The van der Waals surface area contributed by atoms with Crippen LogP contribution in [-0.4, -0.2) is 39.3 Å². The third kappa shape index (κ3) is 4.79. The summed E-state index contributed by atoms with van der Waals surface area (Å²) in [6, 6.07) is 2.74. The smallest absolute Gasteiger partial charge is 0.409 e. The number of hydrogen-bond donors (Lipinski definition) is 4. The number of hydrogen-bond acceptors (Lipinski definition) is 4. The van der Waals surface area contributed by atoms with E-state index in [4.69, 9.17) is 5.11 Å². The molecule has 1 rings (SSSR count). The van der Waals surface area contributed by atoms with E-state index in [0.29, 0.717) is 0 Å². The van der Waals surface area contributed by atoms with Gasteiger partial charge in [-0.05, 0) is 26.0 Å². The highest BCUT2D eigenvalue weighted by atomic mass is 16.4. The van der Waals surface area contributed by atoms with Crippen molar-refractivity contribution in [3.8, 4) is 0 Å². The zero-order valence-corrected chi connectivity index (χ0v) is 10.1. The molecule has 0 fully saturated rings. The number of nitrogens with one attached hydrogen (secondary N) is 2. The van der Waals surface area contributed by atoms with E-state index in [9.17, 15) is 14.7 Å². The standard InChI is InChI=1S/C11H15N3O4/c1-11(2,18)6-13-9(15)8-5-7(3-4-12-8)14-10(16)17/h3-5,18H,6H2,1-2H3,(H,12,14)(H,13,15)(H,16,17). The third-order valence-electron chi connectivity index (χ3n) is 1.93. The van der Waals surface area contributed by atoms with Gasteiger partial charge in [0.1, 0.15) is 5.69 Å². The first-order valence-electron chi connectivity index (χ1n) is 5.24. The zero-order chi connectivity index (χ0) is 13.8. The molecule has 0 aliphatic rings. The molecule has 0 unspecified atom stereocenters. The molecule has 0 aliphatic heterocycles. The van der Waals surface area contributed by atoms with Crippen LogP contribution in [0.1, 0.15) is 24.3 Å². The molecule has 7 heteroatoms. The van der Waals surface area contributed by atoms with E-state index in [2.05, 4.69) is 15.6 Å². The molecule has 0 spiro atoms. The monoisotopic (exact) mass is 253 g/mol. The topological polar surface area (TPSA) is 112 Å². The fraction of sp³-hybridized carbons (Fsp3) is 0.364. The normalized spacial score (nSPS) is 10.8. The van der Waals surface area contributed by atoms with E-state index in [1.54, 1.807) is 13.8 Å². The van der Waals surface area contributed by atoms with Crippen molar-refractivity contribution in [2.24, 2.45) is 0 Å². The van der Waals surface area contributed by atoms with Crippen molar-refractivity contribution in [1.29, 1.82) is 0 Å². The lowest BCUT2D eigenvalue weighted by molar-refractivity contribution is 0.0692. The molecule has 0 saturated carbocycles. The lowest BCUT2D eigenvalue weighted by atomic mass is 10.1. The van der Waals surface area contributed by atoms with E-state index < -0.39 is 17.6 Å². The van der Waals surface area contributed by atoms with Crippen LogP contribution in [0, 0.1) is 0 Å². The summed E-state index contributed by atoms with van der Waals surface area (Å²) >= 11 is 0. The van der Waals surface area contributed by atoms with E-state index in [0.717, 1.165) is 0 Å². The van der Waals surface area contributed by atoms with Gasteiger partial charge in [-0.15, -0.1) is 0 Å². The van der Waals surface area contributed by atoms with Gasteiger partial charge in [-0.3, -0.25) is 15.1 Å². The van der Waals surface area contributed by atoms with Crippen molar-refractivity contribution >= 4 is 17.7 Å². The van der Waals surface area contributed by atoms with Crippen LogP contribution < -0.4 is 10.6 Å². The Morgan fingerprint density at radius 2 is 2.11 bits per heavy atom. The highest BCUT2D eigenvalue weighted by molar-refractivity contribution is 5.94. The quantitative estimate of drug-likeness (QED) is 0.630. The Morgan fingerprint density at radius 3 is 2.67 bits per heavy atom. The van der Waals surface area contributed by atoms with Crippen molar-refractivity contribution in [3.05, 3.63) is 24.0 Å². The van der Waals surface area contributed by atoms with Crippen LogP contribution in [-0.2, 0) is 0 Å². The van der Waals surface area contributed by atoms with Gasteiger partial charge in [0.05, 0.1) is 5.60 Å². The Hall–Kier alpha value is -2.15. The van der Waals surface area contributed by atoms with Crippen molar-refractivity contribution in [3.63, 3.8) is 0 Å². The second-order valence-electron chi connectivity index (χ2n) is 4.36. The molecule has 7 nitrogen and oxygen atoms in total. The molecule has 0 saturated heterocycles. The summed E-state index contributed by atoms with van der Waals surface area (Å²) in [6.07, 6.45) is 0.105. The summed E-state index contributed by atoms with van der Waals surface area (Å²) in [6.45, 7) is 3.19. The first-order chi connectivity index (χ1) is 8.28. The summed E-state index contributed by atoms with van der Waals surface area (Å²) in [4.78, 5) is 25.9. The molecule has 0 bridgehead atoms. The number of carbonyl (C=O) groups excluding carboxylic acids is 1. The largest absolute Gasteiger partial charge is 0.465 e. The molecule has 18 heavy (non-hydrogen) atoms. The Morgan fingerprint density at radius 1 is 1.44 bits per heavy atom. The minimum atomic E-state index is -1.22. The van der Waals surface area contributed by atoms with Crippen LogP contribution in [0.2, 0.25) is 0 Å². The molecule has 1 aromatic heterocycles. The van der Waals surface area contributed by atoms with Crippen molar-refractivity contribution < 1.29 is 19.8 Å². The number of aliphatic hydroxyl groups is 1. The molecule has 2 amide bonds. The van der Waals surface area contributed by atoms with Gasteiger partial charge in [0.25, 0.3) is 5.91 Å². The highest BCUT2D eigenvalue weighted by Crippen LogP contribution is 2.08. The lowest BCUT2D eigenvalue weighted by Gasteiger charge is -2.17. The molecule has 0 aliphatic carbocycles. The van der Waals surface area contributed by atoms with Crippen LogP contribution in [0.5, 0.6) is 0 Å². The summed E-state index contributed by atoms with van der Waals surface area (Å²) < 4.78 is 0. The van der Waals surface area contributed by atoms with Crippen LogP contribution in [0.15, 0.2) is 18.3 Å². The number of aromatic nitrogens is 1. The number of rotatable bonds is 4. The first-order valence-corrected chi connectivity index (χ1v) is 5.24. The minimum Gasteiger partial charge on any atom is -0.465 e. The number of anilines is 1. The number of carbonyl (C=O) groups is 2. The summed E-state index contributed by atoms with van der Waals surface area (Å²) in [5.74, 6) is -0.480. The average molecular weight is 253 g/mol. The van der Waals surface area contributed by atoms with E-state index in [1.807, 2.05) is 0 Å². The maximum Gasteiger partial charge on any atom is 0.409 e. The SMILES string of the molecule is CC(C)(O)CNC(=O)c1cc(NC(=O)O)ccn1. The summed E-state index contributed by atoms with van der Waals surface area (Å²) in [7, 11) is 0.